The van der Waals surface area contributed by atoms with Crippen LogP contribution in [0.15, 0.2) is 0 Å². The Bertz CT molecular complexity index is 162. The third-order valence-electron chi connectivity index (χ3n) is 3.17. The van der Waals surface area contributed by atoms with Gasteiger partial charge in [-0.05, 0) is 0 Å². The zero-order valence-corrected chi connectivity index (χ0v) is 13.1. The van der Waals surface area contributed by atoms with E-state index in [0.29, 0.717) is 6.04 Å². The number of thiol groups is 1. The minimum atomic E-state index is -2.17. The van der Waals surface area contributed by atoms with E-state index < -0.39 is 18.4 Å². The molecule has 0 aromatic rings. The molecular weight excluding hydrogens is 301 g/mol. The van der Waals surface area contributed by atoms with Crippen LogP contribution in [0.1, 0.15) is 26.7 Å². The van der Waals surface area contributed by atoms with Crippen molar-refractivity contribution in [2.24, 2.45) is 5.73 Å². The Labute approximate surface area is 97.3 Å². The van der Waals surface area contributed by atoms with Crippen LogP contribution >= 0.6 is 12.6 Å². The Balaban J connectivity index is 4.13. The van der Waals surface area contributed by atoms with E-state index in [-0.39, 0.29) is 0 Å². The van der Waals surface area contributed by atoms with Crippen LogP contribution in [-0.4, -0.2) is 34.5 Å². The molecule has 2 unspecified atom stereocenters. The molecule has 2 N–H and O–H groups in total. The number of nitrogens with two attached hydrogens (primary N) is 1. The molecule has 14 heavy (non-hydrogen) atoms. The fourth-order valence-corrected chi connectivity index (χ4v) is 12.7. The van der Waals surface area contributed by atoms with E-state index >= 15 is 0 Å². The average molecular weight is 324 g/mol. The van der Waals surface area contributed by atoms with Crippen LogP contribution in [0.4, 0.5) is 0 Å². The quantitative estimate of drug-likeness (QED) is 0.409. The van der Waals surface area contributed by atoms with Crippen molar-refractivity contribution in [3.63, 3.8) is 0 Å². The van der Waals surface area contributed by atoms with Crippen LogP contribution in [-0.2, 0) is 4.79 Å². The van der Waals surface area contributed by atoms with Crippen molar-refractivity contribution >= 4 is 37.3 Å². The van der Waals surface area contributed by atoms with Gasteiger partial charge in [-0.2, -0.15) is 0 Å². The Morgan fingerprint density at radius 1 is 1.50 bits per heavy atom. The molecule has 2 nitrogen and oxygen atoms in total. The average Bonchev–Trinajstić information content (AvgIpc) is 2.24. The van der Waals surface area contributed by atoms with Gasteiger partial charge < -0.3 is 0 Å². The van der Waals surface area contributed by atoms with Gasteiger partial charge >= 0.3 is 97.6 Å². The van der Waals surface area contributed by atoms with Gasteiger partial charge in [-0.1, -0.05) is 0 Å². The molecule has 0 aliphatic rings. The third kappa shape index (κ3) is 5.03. The van der Waals surface area contributed by atoms with Crippen LogP contribution < -0.4 is 5.73 Å². The van der Waals surface area contributed by atoms with Crippen molar-refractivity contribution in [3.05, 3.63) is 0 Å². The van der Waals surface area contributed by atoms with E-state index in [1.807, 2.05) is 0 Å². The van der Waals surface area contributed by atoms with Gasteiger partial charge in [0.25, 0.3) is 0 Å². The second-order valence-corrected chi connectivity index (χ2v) is 20.3. The zero-order valence-electron chi connectivity index (χ0n) is 9.33. The number of carbonyl (C=O) groups excluding carboxylic acids is 1. The molecule has 0 aromatic carbocycles. The van der Waals surface area contributed by atoms with Crippen LogP contribution in [0.25, 0.3) is 0 Å². The molecule has 0 saturated carbocycles. The van der Waals surface area contributed by atoms with Crippen LogP contribution in [0.2, 0.25) is 13.3 Å². The second-order valence-electron chi connectivity index (χ2n) is 4.09. The number of rotatable bonds is 8. The monoisotopic (exact) mass is 325 g/mol. The summed E-state index contributed by atoms with van der Waals surface area (Å²) in [5.41, 5.74) is 5.91. The standard InChI is InChI=1S/C5H12N.C2H3O.C2H5.CH3S.Sn/c1-3-5(6)4-2;1-2-3;2*1-2;/h5H,1,3-4,6H2,2H3;2H,1H2;1H2,2H3;2H,1H2;. The molecule has 0 aliphatic carbocycles. The van der Waals surface area contributed by atoms with E-state index in [1.165, 1.54) is 8.87 Å². The first-order chi connectivity index (χ1) is 6.64. The van der Waals surface area contributed by atoms with Crippen molar-refractivity contribution < 1.29 is 4.79 Å². The number of carbonyl (C=O) groups is 1. The summed E-state index contributed by atoms with van der Waals surface area (Å²) < 4.78 is 4.25. The first kappa shape index (κ1) is 14.8. The van der Waals surface area contributed by atoms with Crippen molar-refractivity contribution in [2.75, 3.05) is 3.77 Å². The van der Waals surface area contributed by atoms with E-state index in [2.05, 4.69) is 26.5 Å². The first-order valence-electron chi connectivity index (χ1n) is 5.44. The molecule has 84 valence electrons. The molecule has 0 rings (SSSR count). The number of hydrogen-bond donors (Lipinski definition) is 2. The maximum absolute atomic E-state index is 10.6. The summed E-state index contributed by atoms with van der Waals surface area (Å²) in [5, 5.41) is 0. The maximum atomic E-state index is 10.6. The van der Waals surface area contributed by atoms with Crippen LogP contribution in [0.3, 0.4) is 0 Å². The van der Waals surface area contributed by atoms with Gasteiger partial charge in [-0.25, -0.2) is 0 Å². The van der Waals surface area contributed by atoms with Gasteiger partial charge in [0.05, 0.1) is 0 Å². The zero-order chi connectivity index (χ0) is 11.0. The molecule has 0 bridgehead atoms. The Morgan fingerprint density at radius 3 is 2.50 bits per heavy atom. The second kappa shape index (κ2) is 7.99. The Kier molecular flexibility index (Phi) is 8.44. The minimum absolute atomic E-state index is 0.323. The summed E-state index contributed by atoms with van der Waals surface area (Å²) >= 11 is 2.27. The molecule has 4 heteroatoms. The van der Waals surface area contributed by atoms with Gasteiger partial charge in [0.2, 0.25) is 0 Å². The molecule has 0 aliphatic heterocycles. The SMILES string of the molecule is CCC(N)C[CH2][Sn]([CH2]C)([CH2]S)[CH2]C=O. The van der Waals surface area contributed by atoms with Gasteiger partial charge in [-0.3, -0.25) is 0 Å². The molecule has 0 spiro atoms. The summed E-state index contributed by atoms with van der Waals surface area (Å²) in [7, 11) is 0. The third-order valence-corrected chi connectivity index (χ3v) is 20.7. The Hall–Kier alpha value is 0.779. The summed E-state index contributed by atoms with van der Waals surface area (Å²) in [6.45, 7) is 4.33. The molecule has 0 radical (unpaired) electrons. The predicted molar refractivity (Wildman–Crippen MR) is 68.6 cm³/mol. The van der Waals surface area contributed by atoms with Crippen molar-refractivity contribution in [1.82, 2.24) is 0 Å². The van der Waals surface area contributed by atoms with Crippen molar-refractivity contribution in [1.29, 1.82) is 0 Å². The molecule has 0 heterocycles. The normalized spacial score (nSPS) is 17.4. The van der Waals surface area contributed by atoms with Gasteiger partial charge in [0.1, 0.15) is 0 Å². The van der Waals surface area contributed by atoms with Crippen LogP contribution in [0, 0.1) is 0 Å². The van der Waals surface area contributed by atoms with Crippen molar-refractivity contribution in [2.45, 2.75) is 46.0 Å². The first-order valence-corrected chi connectivity index (χ1v) is 14.1. The molecule has 0 amide bonds. The van der Waals surface area contributed by atoms with E-state index in [9.17, 15) is 4.79 Å². The summed E-state index contributed by atoms with van der Waals surface area (Å²) in [6.07, 6.45) is 3.24. The number of hydrogen-bond acceptors (Lipinski definition) is 3. The van der Waals surface area contributed by atoms with Gasteiger partial charge in [0.15, 0.2) is 0 Å². The van der Waals surface area contributed by atoms with E-state index in [1.54, 1.807) is 0 Å². The fraction of sp³-hybridized carbons (Fsp3) is 0.900. The molecular formula is C10H23NOSSn. The predicted octanol–water partition coefficient (Wildman–Crippen LogP) is 2.25. The molecule has 0 saturated heterocycles. The van der Waals surface area contributed by atoms with Crippen LogP contribution in [0.5, 0.6) is 0 Å². The topological polar surface area (TPSA) is 43.1 Å². The molecule has 0 fully saturated rings. The number of aldehydes is 1. The van der Waals surface area contributed by atoms with Gasteiger partial charge in [-0.15, -0.1) is 0 Å². The van der Waals surface area contributed by atoms with Gasteiger partial charge in [0, 0.05) is 0 Å². The fourth-order valence-electron chi connectivity index (χ4n) is 1.55. The summed E-state index contributed by atoms with van der Waals surface area (Å²) in [4.78, 5) is 10.6. The Morgan fingerprint density at radius 2 is 2.14 bits per heavy atom. The van der Waals surface area contributed by atoms with E-state index in [0.717, 1.165) is 27.3 Å². The summed E-state index contributed by atoms with van der Waals surface area (Å²) in [5.74, 6) is 0. The van der Waals surface area contributed by atoms with Crippen molar-refractivity contribution in [3.8, 4) is 0 Å². The molecule has 2 atom stereocenters. The molecule has 0 aromatic heterocycles. The summed E-state index contributed by atoms with van der Waals surface area (Å²) in [6, 6.07) is 0.323. The van der Waals surface area contributed by atoms with E-state index in [4.69, 9.17) is 5.73 Å².